The van der Waals surface area contributed by atoms with Gasteiger partial charge >= 0.3 is 6.18 Å². The lowest BCUT2D eigenvalue weighted by Gasteiger charge is -2.22. The molecule has 1 aromatic carbocycles. The second-order valence-corrected chi connectivity index (χ2v) is 8.03. The zero-order chi connectivity index (χ0) is 19.9. The SMILES string of the molecule is O=S(=O)(Nc1noc2ccc(C(F)(F)F)cc12)c1cnn(C2CCOCC2)c1. The standard InChI is InChI=1S/C16H15F3N4O4S/c17-16(18,19)10-1-2-14-13(7-10)15(21-27-14)22-28(24,25)12-8-20-23(9-12)11-3-5-26-6-4-11/h1-2,7-9,11H,3-6H2,(H,21,22). The molecule has 0 amide bonds. The molecule has 150 valence electrons. The van der Waals surface area contributed by atoms with Gasteiger partial charge in [-0.05, 0) is 31.0 Å². The zero-order valence-electron chi connectivity index (χ0n) is 14.3. The van der Waals surface area contributed by atoms with Crippen LogP contribution in [0.4, 0.5) is 19.0 Å². The van der Waals surface area contributed by atoms with Gasteiger partial charge in [-0.2, -0.15) is 18.3 Å². The Morgan fingerprint density at radius 2 is 1.96 bits per heavy atom. The Morgan fingerprint density at radius 1 is 1.21 bits per heavy atom. The minimum Gasteiger partial charge on any atom is -0.381 e. The van der Waals surface area contributed by atoms with E-state index in [0.717, 1.165) is 18.2 Å². The van der Waals surface area contributed by atoms with Crippen LogP contribution in [0.1, 0.15) is 24.4 Å². The quantitative estimate of drug-likeness (QED) is 0.701. The molecule has 12 heteroatoms. The van der Waals surface area contributed by atoms with Gasteiger partial charge in [0.25, 0.3) is 10.0 Å². The first kappa shape index (κ1) is 18.7. The fraction of sp³-hybridized carbons (Fsp3) is 0.375. The molecule has 0 saturated carbocycles. The second-order valence-electron chi connectivity index (χ2n) is 6.34. The van der Waals surface area contributed by atoms with Crippen LogP contribution in [0, 0.1) is 0 Å². The number of anilines is 1. The number of nitrogens with one attached hydrogen (secondary N) is 1. The fourth-order valence-corrected chi connectivity index (χ4v) is 3.94. The highest BCUT2D eigenvalue weighted by atomic mass is 32.2. The summed E-state index contributed by atoms with van der Waals surface area (Å²) in [6.45, 7) is 1.13. The van der Waals surface area contributed by atoms with E-state index in [-0.39, 0.29) is 27.7 Å². The van der Waals surface area contributed by atoms with Gasteiger partial charge in [-0.25, -0.2) is 8.42 Å². The predicted molar refractivity (Wildman–Crippen MR) is 91.1 cm³/mol. The van der Waals surface area contributed by atoms with Crippen molar-refractivity contribution in [1.29, 1.82) is 0 Å². The first-order valence-corrected chi connectivity index (χ1v) is 9.84. The Hall–Kier alpha value is -2.60. The van der Waals surface area contributed by atoms with Crippen molar-refractivity contribution in [2.45, 2.75) is 30.0 Å². The highest BCUT2D eigenvalue weighted by Crippen LogP contribution is 2.34. The van der Waals surface area contributed by atoms with E-state index in [1.165, 1.54) is 12.4 Å². The van der Waals surface area contributed by atoms with Gasteiger partial charge in [0.1, 0.15) is 4.90 Å². The monoisotopic (exact) mass is 416 g/mol. The number of nitrogens with zero attached hydrogens (tertiary/aromatic N) is 3. The average molecular weight is 416 g/mol. The number of halogens is 3. The van der Waals surface area contributed by atoms with E-state index in [2.05, 4.69) is 15.0 Å². The zero-order valence-corrected chi connectivity index (χ0v) is 15.1. The summed E-state index contributed by atoms with van der Waals surface area (Å²) in [5.74, 6) is -0.320. The van der Waals surface area contributed by atoms with E-state index in [9.17, 15) is 21.6 Å². The first-order valence-electron chi connectivity index (χ1n) is 8.35. The third-order valence-electron chi connectivity index (χ3n) is 4.48. The lowest BCUT2D eigenvalue weighted by atomic mass is 10.1. The van der Waals surface area contributed by atoms with Gasteiger partial charge in [-0.15, -0.1) is 0 Å². The van der Waals surface area contributed by atoms with Crippen LogP contribution in [-0.4, -0.2) is 36.6 Å². The molecular formula is C16H15F3N4O4S. The average Bonchev–Trinajstić information content (AvgIpc) is 3.29. The van der Waals surface area contributed by atoms with Gasteiger partial charge in [0.05, 0.1) is 23.2 Å². The van der Waals surface area contributed by atoms with Crippen molar-refractivity contribution >= 4 is 26.8 Å². The molecule has 0 radical (unpaired) electrons. The van der Waals surface area contributed by atoms with Crippen LogP contribution in [0.5, 0.6) is 0 Å². The number of hydrogen-bond acceptors (Lipinski definition) is 6. The van der Waals surface area contributed by atoms with E-state index < -0.39 is 21.8 Å². The number of benzene rings is 1. The van der Waals surface area contributed by atoms with Crippen molar-refractivity contribution in [2.75, 3.05) is 17.9 Å². The number of alkyl halides is 3. The van der Waals surface area contributed by atoms with Crippen LogP contribution in [0.2, 0.25) is 0 Å². The number of aromatic nitrogens is 3. The Labute approximate surface area is 157 Å². The van der Waals surface area contributed by atoms with E-state index in [1.807, 2.05) is 0 Å². The highest BCUT2D eigenvalue weighted by Gasteiger charge is 2.31. The Bertz CT molecular complexity index is 1100. The minimum absolute atomic E-state index is 0.0277. The summed E-state index contributed by atoms with van der Waals surface area (Å²) in [7, 11) is -4.11. The molecule has 0 bridgehead atoms. The molecule has 3 aromatic rings. The third-order valence-corrected chi connectivity index (χ3v) is 5.77. The van der Waals surface area contributed by atoms with Crippen molar-refractivity contribution in [3.05, 3.63) is 36.2 Å². The van der Waals surface area contributed by atoms with Gasteiger partial charge in [0.15, 0.2) is 11.4 Å². The van der Waals surface area contributed by atoms with Gasteiger partial charge in [-0.3, -0.25) is 9.40 Å². The molecule has 8 nitrogen and oxygen atoms in total. The van der Waals surface area contributed by atoms with Crippen LogP contribution < -0.4 is 4.72 Å². The number of hydrogen-bond donors (Lipinski definition) is 1. The largest absolute Gasteiger partial charge is 0.416 e. The first-order chi connectivity index (χ1) is 13.2. The predicted octanol–water partition coefficient (Wildman–Crippen LogP) is 3.20. The topological polar surface area (TPSA) is 99.3 Å². The van der Waals surface area contributed by atoms with E-state index in [0.29, 0.717) is 26.1 Å². The summed E-state index contributed by atoms with van der Waals surface area (Å²) in [6.07, 6.45) is -0.596. The minimum atomic E-state index is -4.58. The second kappa shape index (κ2) is 6.78. The summed E-state index contributed by atoms with van der Waals surface area (Å²) in [6, 6.07) is 2.74. The summed E-state index contributed by atoms with van der Waals surface area (Å²) < 4.78 is 78.0. The Morgan fingerprint density at radius 3 is 2.68 bits per heavy atom. The smallest absolute Gasteiger partial charge is 0.381 e. The van der Waals surface area contributed by atoms with Crippen LogP contribution in [0.15, 0.2) is 40.0 Å². The number of rotatable bonds is 4. The van der Waals surface area contributed by atoms with Gasteiger partial charge in [-0.1, -0.05) is 5.16 Å². The molecule has 1 aliphatic rings. The molecule has 0 aliphatic carbocycles. The lowest BCUT2D eigenvalue weighted by Crippen LogP contribution is -2.20. The molecule has 2 aromatic heterocycles. The maximum absolute atomic E-state index is 12.9. The summed E-state index contributed by atoms with van der Waals surface area (Å²) in [5, 5.41) is 7.56. The summed E-state index contributed by atoms with van der Waals surface area (Å²) in [4.78, 5) is -0.123. The number of sulfonamides is 1. The maximum atomic E-state index is 12.9. The number of fused-ring (bicyclic) bond motifs is 1. The van der Waals surface area contributed by atoms with E-state index in [1.54, 1.807) is 4.68 Å². The van der Waals surface area contributed by atoms with Crippen molar-refractivity contribution in [3.63, 3.8) is 0 Å². The molecule has 4 rings (SSSR count). The molecule has 3 heterocycles. The van der Waals surface area contributed by atoms with Gasteiger partial charge in [0.2, 0.25) is 0 Å². The highest BCUT2D eigenvalue weighted by molar-refractivity contribution is 7.92. The molecule has 1 fully saturated rings. The Balaban J connectivity index is 1.62. The molecule has 1 aliphatic heterocycles. The van der Waals surface area contributed by atoms with Crippen LogP contribution in [-0.2, 0) is 20.9 Å². The van der Waals surface area contributed by atoms with E-state index >= 15 is 0 Å². The normalized spacial score (nSPS) is 16.5. The Kier molecular flexibility index (Phi) is 4.54. The van der Waals surface area contributed by atoms with Crippen molar-refractivity contribution in [1.82, 2.24) is 14.9 Å². The van der Waals surface area contributed by atoms with E-state index in [4.69, 9.17) is 9.26 Å². The molecule has 0 spiro atoms. The lowest BCUT2D eigenvalue weighted by molar-refractivity contribution is -0.137. The van der Waals surface area contributed by atoms with Gasteiger partial charge in [0, 0.05) is 19.4 Å². The maximum Gasteiger partial charge on any atom is 0.416 e. The molecule has 28 heavy (non-hydrogen) atoms. The van der Waals surface area contributed by atoms with Crippen LogP contribution in [0.25, 0.3) is 11.0 Å². The number of ether oxygens (including phenoxy) is 1. The molecular weight excluding hydrogens is 401 g/mol. The van der Waals surface area contributed by atoms with Gasteiger partial charge < -0.3 is 9.26 Å². The third kappa shape index (κ3) is 3.56. The molecule has 1 saturated heterocycles. The van der Waals surface area contributed by atoms with Crippen LogP contribution in [0.3, 0.4) is 0 Å². The van der Waals surface area contributed by atoms with Crippen LogP contribution >= 0.6 is 0 Å². The summed E-state index contributed by atoms with van der Waals surface area (Å²) in [5.41, 5.74) is -0.903. The molecule has 0 unspecified atom stereocenters. The van der Waals surface area contributed by atoms with Crippen molar-refractivity contribution < 1.29 is 30.8 Å². The molecule has 0 atom stereocenters. The fourth-order valence-electron chi connectivity index (χ4n) is 2.98. The summed E-state index contributed by atoms with van der Waals surface area (Å²) >= 11 is 0. The van der Waals surface area contributed by atoms with Crippen molar-refractivity contribution in [3.8, 4) is 0 Å². The molecule has 1 N–H and O–H groups in total. The van der Waals surface area contributed by atoms with Crippen molar-refractivity contribution in [2.24, 2.45) is 0 Å².